The highest BCUT2D eigenvalue weighted by atomic mass is 32.1. The van der Waals surface area contributed by atoms with Crippen LogP contribution in [0.2, 0.25) is 0 Å². The van der Waals surface area contributed by atoms with Gasteiger partial charge >= 0.3 is 0 Å². The Morgan fingerprint density at radius 1 is 1.54 bits per heavy atom. The van der Waals surface area contributed by atoms with E-state index in [1.54, 1.807) is 11.3 Å². The van der Waals surface area contributed by atoms with Gasteiger partial charge < -0.3 is 5.32 Å². The minimum Gasteiger partial charge on any atom is -0.313 e. The first-order valence-corrected chi connectivity index (χ1v) is 5.73. The lowest BCUT2D eigenvalue weighted by atomic mass is 10.1. The molecule has 72 valence electrons. The van der Waals surface area contributed by atoms with E-state index in [4.69, 9.17) is 0 Å². The molecule has 0 unspecified atom stereocenters. The summed E-state index contributed by atoms with van der Waals surface area (Å²) >= 11 is 1.75. The van der Waals surface area contributed by atoms with E-state index in [1.165, 1.54) is 11.1 Å². The molecule has 0 aliphatic rings. The Balaban J connectivity index is 2.55. The molecule has 1 nitrogen and oxygen atoms in total. The zero-order valence-corrected chi connectivity index (χ0v) is 9.16. The monoisotopic (exact) mass is 195 g/mol. The maximum absolute atomic E-state index is 3.35. The Morgan fingerprint density at radius 2 is 2.38 bits per heavy atom. The molecule has 2 heteroatoms. The Labute approximate surface area is 84.5 Å². The Bertz CT molecular complexity index is 249. The molecular formula is C11H17NS. The molecule has 0 bridgehead atoms. The lowest BCUT2D eigenvalue weighted by Gasteiger charge is -2.04. The summed E-state index contributed by atoms with van der Waals surface area (Å²) in [6, 6.07) is 2.16. The van der Waals surface area contributed by atoms with E-state index in [1.807, 2.05) is 0 Å². The summed E-state index contributed by atoms with van der Waals surface area (Å²) in [6.07, 6.45) is 3.40. The topological polar surface area (TPSA) is 12.0 Å². The minimum absolute atomic E-state index is 1.02. The smallest absolute Gasteiger partial charge is 0.0167 e. The third kappa shape index (κ3) is 3.75. The van der Waals surface area contributed by atoms with Crippen molar-refractivity contribution >= 4 is 17.4 Å². The zero-order valence-electron chi connectivity index (χ0n) is 8.34. The lowest BCUT2D eigenvalue weighted by molar-refractivity contribution is 0.762. The Hall–Kier alpha value is -0.600. The SMILES string of the molecule is CCNCC(=Cc1ccsc1)CC. The Kier molecular flexibility index (Phi) is 4.79. The van der Waals surface area contributed by atoms with Crippen LogP contribution in [0.3, 0.4) is 0 Å². The van der Waals surface area contributed by atoms with Crippen molar-refractivity contribution in [1.82, 2.24) is 5.32 Å². The first kappa shape index (κ1) is 10.5. The van der Waals surface area contributed by atoms with Crippen molar-refractivity contribution < 1.29 is 0 Å². The van der Waals surface area contributed by atoms with Crippen molar-refractivity contribution in [2.75, 3.05) is 13.1 Å². The molecule has 1 heterocycles. The molecule has 1 rings (SSSR count). The number of likely N-dealkylation sites (N-methyl/N-ethyl adjacent to an activating group) is 1. The van der Waals surface area contributed by atoms with Gasteiger partial charge in [0.05, 0.1) is 0 Å². The van der Waals surface area contributed by atoms with Crippen molar-refractivity contribution in [2.45, 2.75) is 20.3 Å². The highest BCUT2D eigenvalue weighted by molar-refractivity contribution is 7.08. The second kappa shape index (κ2) is 5.95. The van der Waals surface area contributed by atoms with Gasteiger partial charge in [0.25, 0.3) is 0 Å². The van der Waals surface area contributed by atoms with Crippen LogP contribution < -0.4 is 5.32 Å². The average molecular weight is 195 g/mol. The van der Waals surface area contributed by atoms with Gasteiger partial charge in [0.15, 0.2) is 0 Å². The molecule has 1 aromatic heterocycles. The summed E-state index contributed by atoms with van der Waals surface area (Å²) < 4.78 is 0. The van der Waals surface area contributed by atoms with Crippen molar-refractivity contribution in [2.24, 2.45) is 0 Å². The van der Waals surface area contributed by atoms with Gasteiger partial charge in [-0.25, -0.2) is 0 Å². The molecule has 0 spiro atoms. The number of nitrogens with one attached hydrogen (secondary N) is 1. The first-order valence-electron chi connectivity index (χ1n) is 4.79. The number of thiophene rings is 1. The lowest BCUT2D eigenvalue weighted by Crippen LogP contribution is -2.15. The molecule has 0 aromatic carbocycles. The molecule has 0 aliphatic carbocycles. The summed E-state index contributed by atoms with van der Waals surface area (Å²) in [5, 5.41) is 7.65. The van der Waals surface area contributed by atoms with E-state index < -0.39 is 0 Å². The van der Waals surface area contributed by atoms with Crippen LogP contribution in [0.4, 0.5) is 0 Å². The van der Waals surface area contributed by atoms with E-state index in [-0.39, 0.29) is 0 Å². The Morgan fingerprint density at radius 3 is 2.92 bits per heavy atom. The summed E-state index contributed by atoms with van der Waals surface area (Å²) in [5.74, 6) is 0. The number of rotatable bonds is 5. The number of hydrogen-bond donors (Lipinski definition) is 1. The molecule has 0 atom stereocenters. The molecule has 0 aliphatic heterocycles. The largest absolute Gasteiger partial charge is 0.313 e. The summed E-state index contributed by atoms with van der Waals surface area (Å²) in [6.45, 7) is 6.40. The van der Waals surface area contributed by atoms with Crippen LogP contribution in [-0.4, -0.2) is 13.1 Å². The van der Waals surface area contributed by atoms with E-state index in [9.17, 15) is 0 Å². The molecule has 1 N–H and O–H groups in total. The fraction of sp³-hybridized carbons (Fsp3) is 0.455. The average Bonchev–Trinajstić information content (AvgIpc) is 2.64. The van der Waals surface area contributed by atoms with Crippen LogP contribution in [-0.2, 0) is 0 Å². The molecule has 0 amide bonds. The van der Waals surface area contributed by atoms with Crippen molar-refractivity contribution in [3.05, 3.63) is 28.0 Å². The minimum atomic E-state index is 1.02. The molecule has 13 heavy (non-hydrogen) atoms. The summed E-state index contributed by atoms with van der Waals surface area (Å²) in [4.78, 5) is 0. The van der Waals surface area contributed by atoms with Crippen LogP contribution in [0, 0.1) is 0 Å². The molecule has 0 radical (unpaired) electrons. The van der Waals surface area contributed by atoms with E-state index >= 15 is 0 Å². The van der Waals surface area contributed by atoms with Crippen LogP contribution in [0.5, 0.6) is 0 Å². The predicted molar refractivity (Wildman–Crippen MR) is 61.1 cm³/mol. The molecule has 0 saturated carbocycles. The fourth-order valence-corrected chi connectivity index (χ4v) is 1.77. The first-order chi connectivity index (χ1) is 6.36. The third-order valence-corrected chi connectivity index (χ3v) is 2.67. The quantitative estimate of drug-likeness (QED) is 0.761. The van der Waals surface area contributed by atoms with Gasteiger partial charge in [-0.1, -0.05) is 25.5 Å². The van der Waals surface area contributed by atoms with Gasteiger partial charge in [-0.15, -0.1) is 0 Å². The van der Waals surface area contributed by atoms with Gasteiger partial charge in [-0.3, -0.25) is 0 Å². The van der Waals surface area contributed by atoms with Crippen molar-refractivity contribution in [3.63, 3.8) is 0 Å². The van der Waals surface area contributed by atoms with Crippen molar-refractivity contribution in [3.8, 4) is 0 Å². The number of hydrogen-bond acceptors (Lipinski definition) is 2. The van der Waals surface area contributed by atoms with Crippen LogP contribution in [0.15, 0.2) is 22.4 Å². The van der Waals surface area contributed by atoms with E-state index in [0.717, 1.165) is 19.5 Å². The molecule has 0 fully saturated rings. The molecule has 0 saturated heterocycles. The second-order valence-electron chi connectivity index (χ2n) is 2.99. The van der Waals surface area contributed by atoms with Gasteiger partial charge in [-0.05, 0) is 35.4 Å². The van der Waals surface area contributed by atoms with Gasteiger partial charge in [0.2, 0.25) is 0 Å². The van der Waals surface area contributed by atoms with Crippen LogP contribution in [0.1, 0.15) is 25.8 Å². The normalized spacial score (nSPS) is 12.0. The zero-order chi connectivity index (χ0) is 9.52. The fourth-order valence-electron chi connectivity index (χ4n) is 1.16. The van der Waals surface area contributed by atoms with Gasteiger partial charge in [-0.2, -0.15) is 11.3 Å². The summed E-state index contributed by atoms with van der Waals surface area (Å²) in [7, 11) is 0. The third-order valence-electron chi connectivity index (χ3n) is 1.97. The maximum Gasteiger partial charge on any atom is 0.0167 e. The van der Waals surface area contributed by atoms with Crippen LogP contribution in [0.25, 0.3) is 6.08 Å². The van der Waals surface area contributed by atoms with Gasteiger partial charge in [0, 0.05) is 6.54 Å². The predicted octanol–water partition coefficient (Wildman–Crippen LogP) is 3.15. The van der Waals surface area contributed by atoms with E-state index in [0.29, 0.717) is 0 Å². The second-order valence-corrected chi connectivity index (χ2v) is 3.77. The van der Waals surface area contributed by atoms with Gasteiger partial charge in [0.1, 0.15) is 0 Å². The van der Waals surface area contributed by atoms with Crippen LogP contribution >= 0.6 is 11.3 Å². The van der Waals surface area contributed by atoms with E-state index in [2.05, 4.69) is 42.1 Å². The highest BCUT2D eigenvalue weighted by Crippen LogP contribution is 2.12. The molecular weight excluding hydrogens is 178 g/mol. The standard InChI is InChI=1S/C11H17NS/c1-3-10(8-12-4-2)7-11-5-6-13-9-11/h5-7,9,12H,3-4,8H2,1-2H3. The highest BCUT2D eigenvalue weighted by Gasteiger charge is 1.94. The maximum atomic E-state index is 3.35. The molecule has 1 aromatic rings. The van der Waals surface area contributed by atoms with Crippen molar-refractivity contribution in [1.29, 1.82) is 0 Å². The summed E-state index contributed by atoms with van der Waals surface area (Å²) in [5.41, 5.74) is 2.81.